The smallest absolute Gasteiger partial charge is 0.0503 e. The highest BCUT2D eigenvalue weighted by molar-refractivity contribution is 9.09. The monoisotopic (exact) mass is 222 g/mol. The van der Waals surface area contributed by atoms with Crippen LogP contribution in [0.5, 0.6) is 0 Å². The molecule has 0 aliphatic carbocycles. The van der Waals surface area contributed by atoms with Crippen LogP contribution in [0.2, 0.25) is 0 Å². The first-order valence-corrected chi connectivity index (χ1v) is 5.18. The molecule has 11 heavy (non-hydrogen) atoms. The molecule has 0 heterocycles. The van der Waals surface area contributed by atoms with Crippen molar-refractivity contribution in [3.63, 3.8) is 0 Å². The summed E-state index contributed by atoms with van der Waals surface area (Å²) in [4.78, 5) is 0.599. The van der Waals surface area contributed by atoms with Crippen LogP contribution in [0.25, 0.3) is 0 Å². The summed E-state index contributed by atoms with van der Waals surface area (Å²) in [5.41, 5.74) is 0. The predicted molar refractivity (Wildman–Crippen MR) is 53.2 cm³/mol. The lowest BCUT2D eigenvalue weighted by atomic mass is 9.92. The van der Waals surface area contributed by atoms with E-state index in [2.05, 4.69) is 36.7 Å². The normalized spacial score (nSPS) is 16.9. The highest BCUT2D eigenvalue weighted by Gasteiger charge is 2.20. The fourth-order valence-corrected chi connectivity index (χ4v) is 1.97. The molecule has 0 rings (SSSR count). The van der Waals surface area contributed by atoms with Gasteiger partial charge >= 0.3 is 0 Å². The van der Waals surface area contributed by atoms with E-state index in [1.807, 2.05) is 0 Å². The molecule has 2 atom stereocenters. The molecule has 0 spiro atoms. The van der Waals surface area contributed by atoms with Crippen LogP contribution in [0.1, 0.15) is 27.2 Å². The second kappa shape index (κ2) is 6.01. The summed E-state index contributed by atoms with van der Waals surface area (Å²) in [6, 6.07) is 0. The maximum Gasteiger partial charge on any atom is 0.0503 e. The third kappa shape index (κ3) is 4.12. The Labute approximate surface area is 78.6 Å². The molecule has 0 saturated heterocycles. The van der Waals surface area contributed by atoms with E-state index >= 15 is 0 Å². The molecular formula is C9H19BrO. The first-order valence-electron chi connectivity index (χ1n) is 4.26. The Balaban J connectivity index is 3.87. The fourth-order valence-electron chi connectivity index (χ4n) is 1.21. The lowest BCUT2D eigenvalue weighted by Crippen LogP contribution is -2.24. The van der Waals surface area contributed by atoms with Gasteiger partial charge in [-0.1, -0.05) is 36.7 Å². The SMILES string of the molecule is CCC(Br)C(COC)C(C)C. The first-order chi connectivity index (χ1) is 5.13. The lowest BCUT2D eigenvalue weighted by Gasteiger charge is -2.24. The molecular weight excluding hydrogens is 204 g/mol. The summed E-state index contributed by atoms with van der Waals surface area (Å²) in [5, 5.41) is 0. The van der Waals surface area contributed by atoms with Crippen LogP contribution in [0, 0.1) is 11.8 Å². The van der Waals surface area contributed by atoms with Gasteiger partial charge in [0, 0.05) is 11.9 Å². The molecule has 0 bridgehead atoms. The number of ether oxygens (including phenoxy) is 1. The molecule has 0 amide bonds. The molecule has 0 fully saturated rings. The van der Waals surface area contributed by atoms with Gasteiger partial charge in [0.2, 0.25) is 0 Å². The molecule has 0 N–H and O–H groups in total. The van der Waals surface area contributed by atoms with Gasteiger partial charge in [0.1, 0.15) is 0 Å². The predicted octanol–water partition coefficient (Wildman–Crippen LogP) is 3.08. The van der Waals surface area contributed by atoms with Crippen molar-refractivity contribution in [3.05, 3.63) is 0 Å². The van der Waals surface area contributed by atoms with Crippen LogP contribution in [-0.2, 0) is 4.74 Å². The third-order valence-electron chi connectivity index (χ3n) is 2.07. The van der Waals surface area contributed by atoms with Gasteiger partial charge in [0.25, 0.3) is 0 Å². The number of methoxy groups -OCH3 is 1. The van der Waals surface area contributed by atoms with Gasteiger partial charge in [0.05, 0.1) is 6.61 Å². The van der Waals surface area contributed by atoms with Crippen molar-refractivity contribution in [2.45, 2.75) is 32.0 Å². The number of halogens is 1. The van der Waals surface area contributed by atoms with Gasteiger partial charge in [-0.25, -0.2) is 0 Å². The molecule has 0 aliphatic heterocycles. The Kier molecular flexibility index (Phi) is 6.25. The van der Waals surface area contributed by atoms with E-state index in [4.69, 9.17) is 4.74 Å². The fraction of sp³-hybridized carbons (Fsp3) is 1.00. The summed E-state index contributed by atoms with van der Waals surface area (Å²) < 4.78 is 5.16. The molecule has 2 heteroatoms. The Morgan fingerprint density at radius 2 is 1.91 bits per heavy atom. The van der Waals surface area contributed by atoms with Gasteiger partial charge in [0.15, 0.2) is 0 Å². The largest absolute Gasteiger partial charge is 0.384 e. The van der Waals surface area contributed by atoms with Crippen LogP contribution < -0.4 is 0 Å². The average Bonchev–Trinajstić information content (AvgIpc) is 1.98. The van der Waals surface area contributed by atoms with Crippen LogP contribution in [-0.4, -0.2) is 18.5 Å². The van der Waals surface area contributed by atoms with Crippen molar-refractivity contribution in [2.75, 3.05) is 13.7 Å². The maximum absolute atomic E-state index is 5.16. The Morgan fingerprint density at radius 1 is 1.36 bits per heavy atom. The van der Waals surface area contributed by atoms with Crippen LogP contribution in [0.15, 0.2) is 0 Å². The number of hydrogen-bond acceptors (Lipinski definition) is 1. The maximum atomic E-state index is 5.16. The molecule has 0 aromatic carbocycles. The van der Waals surface area contributed by atoms with Crippen molar-refractivity contribution in [1.29, 1.82) is 0 Å². The van der Waals surface area contributed by atoms with Gasteiger partial charge in [-0.3, -0.25) is 0 Å². The molecule has 0 radical (unpaired) electrons. The number of alkyl halides is 1. The molecule has 0 saturated carbocycles. The van der Waals surface area contributed by atoms with Crippen LogP contribution in [0.4, 0.5) is 0 Å². The molecule has 1 nitrogen and oxygen atoms in total. The lowest BCUT2D eigenvalue weighted by molar-refractivity contribution is 0.128. The van der Waals surface area contributed by atoms with E-state index < -0.39 is 0 Å². The summed E-state index contributed by atoms with van der Waals surface area (Å²) in [5.74, 6) is 1.34. The highest BCUT2D eigenvalue weighted by atomic mass is 79.9. The van der Waals surface area contributed by atoms with Crippen LogP contribution in [0.3, 0.4) is 0 Å². The summed E-state index contributed by atoms with van der Waals surface area (Å²) >= 11 is 3.66. The zero-order chi connectivity index (χ0) is 8.85. The quantitative estimate of drug-likeness (QED) is 0.651. The Hall–Kier alpha value is 0.440. The third-order valence-corrected chi connectivity index (χ3v) is 3.40. The van der Waals surface area contributed by atoms with E-state index in [-0.39, 0.29) is 0 Å². The van der Waals surface area contributed by atoms with Crippen LogP contribution >= 0.6 is 15.9 Å². The van der Waals surface area contributed by atoms with Crippen molar-refractivity contribution >= 4 is 15.9 Å². The Bertz CT molecular complexity index is 93.6. The first kappa shape index (κ1) is 11.4. The minimum absolute atomic E-state index is 0.599. The average molecular weight is 223 g/mol. The number of rotatable bonds is 5. The van der Waals surface area contributed by atoms with E-state index in [1.54, 1.807) is 7.11 Å². The molecule has 2 unspecified atom stereocenters. The van der Waals surface area contributed by atoms with Gasteiger partial charge in [-0.2, -0.15) is 0 Å². The number of hydrogen-bond donors (Lipinski definition) is 0. The van der Waals surface area contributed by atoms with Crippen molar-refractivity contribution in [1.82, 2.24) is 0 Å². The van der Waals surface area contributed by atoms with Crippen molar-refractivity contribution < 1.29 is 4.74 Å². The van der Waals surface area contributed by atoms with Gasteiger partial charge in [-0.05, 0) is 18.3 Å². The zero-order valence-electron chi connectivity index (χ0n) is 7.93. The summed E-state index contributed by atoms with van der Waals surface area (Å²) in [6.45, 7) is 7.55. The van der Waals surface area contributed by atoms with E-state index in [0.717, 1.165) is 6.61 Å². The summed E-state index contributed by atoms with van der Waals surface area (Å²) in [7, 11) is 1.77. The van der Waals surface area contributed by atoms with Crippen molar-refractivity contribution in [3.8, 4) is 0 Å². The van der Waals surface area contributed by atoms with Gasteiger partial charge < -0.3 is 4.74 Å². The van der Waals surface area contributed by atoms with Crippen molar-refractivity contribution in [2.24, 2.45) is 11.8 Å². The molecule has 68 valence electrons. The molecule has 0 aromatic rings. The summed E-state index contributed by atoms with van der Waals surface area (Å²) in [6.07, 6.45) is 1.17. The van der Waals surface area contributed by atoms with E-state index in [1.165, 1.54) is 6.42 Å². The second-order valence-corrected chi connectivity index (χ2v) is 4.46. The molecule has 0 aliphatic rings. The second-order valence-electron chi connectivity index (χ2n) is 3.29. The van der Waals surface area contributed by atoms with E-state index in [0.29, 0.717) is 16.7 Å². The topological polar surface area (TPSA) is 9.23 Å². The van der Waals surface area contributed by atoms with Gasteiger partial charge in [-0.15, -0.1) is 0 Å². The standard InChI is InChI=1S/C9H19BrO/c1-5-9(10)8(6-11-4)7(2)3/h7-9H,5-6H2,1-4H3. The minimum Gasteiger partial charge on any atom is -0.384 e. The van der Waals surface area contributed by atoms with E-state index in [9.17, 15) is 0 Å². The zero-order valence-corrected chi connectivity index (χ0v) is 9.52. The minimum atomic E-state index is 0.599. The Morgan fingerprint density at radius 3 is 2.18 bits per heavy atom. The molecule has 0 aromatic heterocycles. The highest BCUT2D eigenvalue weighted by Crippen LogP contribution is 2.24.